The van der Waals surface area contributed by atoms with Crippen LogP contribution in [0, 0.1) is 23.7 Å². The fourth-order valence-corrected chi connectivity index (χ4v) is 4.69. The minimum Gasteiger partial charge on any atom is -0.378 e. The second kappa shape index (κ2) is 7.23. The average molecular weight is 315 g/mol. The summed E-state index contributed by atoms with van der Waals surface area (Å²) in [7, 11) is 4.30. The molecule has 0 N–H and O–H groups in total. The fourth-order valence-electron chi connectivity index (χ4n) is 4.69. The van der Waals surface area contributed by atoms with E-state index in [4.69, 9.17) is 4.98 Å². The molecule has 1 heterocycles. The van der Waals surface area contributed by atoms with Gasteiger partial charge in [0.1, 0.15) is 0 Å². The highest BCUT2D eigenvalue weighted by Gasteiger charge is 2.26. The third-order valence-corrected chi connectivity index (χ3v) is 6.45. The van der Waals surface area contributed by atoms with Crippen molar-refractivity contribution in [1.29, 1.82) is 0 Å². The van der Waals surface area contributed by atoms with Gasteiger partial charge in [-0.1, -0.05) is 39.5 Å². The summed E-state index contributed by atoms with van der Waals surface area (Å²) in [5.41, 5.74) is 3.99. The van der Waals surface area contributed by atoms with Gasteiger partial charge >= 0.3 is 0 Å². The second-order valence-electron chi connectivity index (χ2n) is 8.45. The molecule has 2 saturated carbocycles. The molecule has 1 aromatic rings. The lowest BCUT2D eigenvalue weighted by Crippen LogP contribution is -2.15. The van der Waals surface area contributed by atoms with Gasteiger partial charge in [-0.3, -0.25) is 4.98 Å². The molecule has 2 aliphatic carbocycles. The molecular formula is C21H34N2. The van der Waals surface area contributed by atoms with Gasteiger partial charge in [-0.15, -0.1) is 0 Å². The second-order valence-corrected chi connectivity index (χ2v) is 8.45. The van der Waals surface area contributed by atoms with Gasteiger partial charge in [0.05, 0.1) is 0 Å². The molecule has 0 amide bonds. The number of hydrogen-bond donors (Lipinski definition) is 0. The molecule has 4 atom stereocenters. The molecule has 0 radical (unpaired) electrons. The zero-order chi connectivity index (χ0) is 16.4. The van der Waals surface area contributed by atoms with Crippen LogP contribution in [0.3, 0.4) is 0 Å². The van der Waals surface area contributed by atoms with Crippen LogP contribution in [-0.4, -0.2) is 19.1 Å². The topological polar surface area (TPSA) is 16.1 Å². The Balaban J connectivity index is 1.78. The van der Waals surface area contributed by atoms with Crippen molar-refractivity contribution in [2.24, 2.45) is 23.7 Å². The summed E-state index contributed by atoms with van der Waals surface area (Å²) in [5, 5.41) is 0. The van der Waals surface area contributed by atoms with E-state index in [-0.39, 0.29) is 0 Å². The molecule has 1 aromatic heterocycles. The predicted molar refractivity (Wildman–Crippen MR) is 99.0 cm³/mol. The lowest BCUT2D eigenvalue weighted by atomic mass is 9.91. The van der Waals surface area contributed by atoms with E-state index in [9.17, 15) is 0 Å². The van der Waals surface area contributed by atoms with Crippen molar-refractivity contribution < 1.29 is 0 Å². The van der Waals surface area contributed by atoms with Gasteiger partial charge in [0.25, 0.3) is 0 Å². The lowest BCUT2D eigenvalue weighted by Gasteiger charge is -2.21. The minimum atomic E-state index is 0.846. The Morgan fingerprint density at radius 1 is 0.870 bits per heavy atom. The van der Waals surface area contributed by atoms with E-state index in [1.807, 2.05) is 0 Å². The van der Waals surface area contributed by atoms with Crippen molar-refractivity contribution in [3.05, 3.63) is 23.5 Å². The van der Waals surface area contributed by atoms with Crippen molar-refractivity contribution >= 4 is 5.69 Å². The van der Waals surface area contributed by atoms with Crippen molar-refractivity contribution in [3.63, 3.8) is 0 Å². The standard InChI is InChI=1S/C21H34N2/c1-15-7-5-9-17(15)11-19-13-21(23(3)4)14-20(22-19)12-18-10-6-8-16(18)2/h13-18H,5-12H2,1-4H3. The maximum atomic E-state index is 5.08. The highest BCUT2D eigenvalue weighted by Crippen LogP contribution is 2.36. The van der Waals surface area contributed by atoms with E-state index in [1.54, 1.807) is 0 Å². The zero-order valence-electron chi connectivity index (χ0n) is 15.5. The smallest absolute Gasteiger partial charge is 0.0430 e. The highest BCUT2D eigenvalue weighted by molar-refractivity contribution is 5.47. The van der Waals surface area contributed by atoms with Gasteiger partial charge in [0, 0.05) is 31.2 Å². The number of anilines is 1. The van der Waals surface area contributed by atoms with Crippen LogP contribution in [-0.2, 0) is 12.8 Å². The Morgan fingerprint density at radius 3 is 1.70 bits per heavy atom. The molecule has 2 aliphatic rings. The third kappa shape index (κ3) is 4.08. The summed E-state index contributed by atoms with van der Waals surface area (Å²) in [6.45, 7) is 4.85. The van der Waals surface area contributed by atoms with E-state index in [0.29, 0.717) is 0 Å². The van der Waals surface area contributed by atoms with Crippen LogP contribution in [0.5, 0.6) is 0 Å². The van der Waals surface area contributed by atoms with Crippen LogP contribution < -0.4 is 4.90 Å². The van der Waals surface area contributed by atoms with Crippen LogP contribution in [0.2, 0.25) is 0 Å². The first-order valence-electron chi connectivity index (χ1n) is 9.70. The van der Waals surface area contributed by atoms with E-state index >= 15 is 0 Å². The van der Waals surface area contributed by atoms with Crippen LogP contribution in [0.4, 0.5) is 5.69 Å². The van der Waals surface area contributed by atoms with Gasteiger partial charge < -0.3 is 4.90 Å². The zero-order valence-corrected chi connectivity index (χ0v) is 15.5. The summed E-state index contributed by atoms with van der Waals surface area (Å²) < 4.78 is 0. The Morgan fingerprint density at radius 2 is 1.35 bits per heavy atom. The fraction of sp³-hybridized carbons (Fsp3) is 0.762. The van der Waals surface area contributed by atoms with Gasteiger partial charge in [-0.2, -0.15) is 0 Å². The number of aromatic nitrogens is 1. The number of pyridine rings is 1. The number of hydrogen-bond acceptors (Lipinski definition) is 2. The van der Waals surface area contributed by atoms with Crippen LogP contribution in [0.25, 0.3) is 0 Å². The van der Waals surface area contributed by atoms with Crippen molar-refractivity contribution in [1.82, 2.24) is 4.98 Å². The highest BCUT2D eigenvalue weighted by atomic mass is 15.1. The van der Waals surface area contributed by atoms with Crippen LogP contribution in [0.15, 0.2) is 12.1 Å². The van der Waals surface area contributed by atoms with Gasteiger partial charge in [-0.25, -0.2) is 0 Å². The van der Waals surface area contributed by atoms with Crippen molar-refractivity contribution in [3.8, 4) is 0 Å². The Labute approximate surface area is 142 Å². The normalized spacial score (nSPS) is 30.8. The summed E-state index contributed by atoms with van der Waals surface area (Å²) in [6.07, 6.45) is 10.8. The van der Waals surface area contributed by atoms with Gasteiger partial charge in [0.15, 0.2) is 0 Å². The molecule has 128 valence electrons. The third-order valence-electron chi connectivity index (χ3n) is 6.45. The molecule has 3 rings (SSSR count). The predicted octanol–water partition coefficient (Wildman–Crippen LogP) is 5.11. The van der Waals surface area contributed by atoms with E-state index < -0.39 is 0 Å². The largest absolute Gasteiger partial charge is 0.378 e. The maximum Gasteiger partial charge on any atom is 0.0430 e. The molecule has 0 aliphatic heterocycles. The molecular weight excluding hydrogens is 280 g/mol. The summed E-state index contributed by atoms with van der Waals surface area (Å²) in [4.78, 5) is 7.33. The van der Waals surface area contributed by atoms with Crippen molar-refractivity contribution in [2.45, 2.75) is 65.2 Å². The minimum absolute atomic E-state index is 0.846. The average Bonchev–Trinajstić information content (AvgIpc) is 3.08. The van der Waals surface area contributed by atoms with E-state index in [2.05, 4.69) is 45.0 Å². The quantitative estimate of drug-likeness (QED) is 0.751. The van der Waals surface area contributed by atoms with Gasteiger partial charge in [0.2, 0.25) is 0 Å². The Hall–Kier alpha value is -1.05. The lowest BCUT2D eigenvalue weighted by molar-refractivity contribution is 0.405. The number of rotatable bonds is 5. The molecule has 23 heavy (non-hydrogen) atoms. The van der Waals surface area contributed by atoms with Crippen LogP contribution in [0.1, 0.15) is 63.8 Å². The van der Waals surface area contributed by atoms with E-state index in [1.165, 1.54) is 68.4 Å². The number of nitrogens with zero attached hydrogens (tertiary/aromatic N) is 2. The monoisotopic (exact) mass is 314 g/mol. The Kier molecular flexibility index (Phi) is 5.28. The maximum absolute atomic E-state index is 5.08. The van der Waals surface area contributed by atoms with E-state index in [0.717, 1.165) is 23.7 Å². The molecule has 0 spiro atoms. The summed E-state index contributed by atoms with van der Waals surface area (Å²) >= 11 is 0. The van der Waals surface area contributed by atoms with Gasteiger partial charge in [-0.05, 0) is 61.5 Å². The molecule has 4 unspecified atom stereocenters. The van der Waals surface area contributed by atoms with Crippen molar-refractivity contribution in [2.75, 3.05) is 19.0 Å². The SMILES string of the molecule is CC1CCCC1Cc1cc(N(C)C)cc(CC2CCCC2C)n1. The summed E-state index contributed by atoms with van der Waals surface area (Å²) in [6, 6.07) is 4.65. The first-order chi connectivity index (χ1) is 11.0. The molecule has 2 nitrogen and oxygen atoms in total. The first-order valence-corrected chi connectivity index (χ1v) is 9.70. The Bertz CT molecular complexity index is 482. The summed E-state index contributed by atoms with van der Waals surface area (Å²) in [5.74, 6) is 3.44. The molecule has 2 heteroatoms. The molecule has 2 fully saturated rings. The van der Waals surface area contributed by atoms with Crippen LogP contribution >= 0.6 is 0 Å². The molecule has 0 aromatic carbocycles. The molecule has 0 saturated heterocycles. The molecule has 0 bridgehead atoms. The first kappa shape index (κ1) is 16.8.